The van der Waals surface area contributed by atoms with Crippen LogP contribution in [0.3, 0.4) is 0 Å². The van der Waals surface area contributed by atoms with Crippen LogP contribution < -0.4 is 10.5 Å². The Morgan fingerprint density at radius 3 is 2.41 bits per heavy atom. The summed E-state index contributed by atoms with van der Waals surface area (Å²) in [7, 11) is 0. The van der Waals surface area contributed by atoms with E-state index >= 15 is 0 Å². The van der Waals surface area contributed by atoms with Gasteiger partial charge in [0.2, 0.25) is 0 Å². The molecule has 2 aromatic rings. The lowest BCUT2D eigenvalue weighted by Crippen LogP contribution is -2.40. The van der Waals surface area contributed by atoms with Gasteiger partial charge in [-0.25, -0.2) is 0 Å². The van der Waals surface area contributed by atoms with Crippen molar-refractivity contribution < 1.29 is 0 Å². The molecule has 3 rings (SSSR count). The van der Waals surface area contributed by atoms with Crippen LogP contribution in [0.4, 0.5) is 5.69 Å². The standard InChI is InChI=1S/C17H20ClN3O/c1-12-8-13(2)11-20(10-12)15-9-19-21(17(22)16(15)18)14-6-4-3-5-7-14/h3-7,9,12-13H,8,10-11H2,1-2H3/t12-,13+. The first-order valence-corrected chi connectivity index (χ1v) is 8.02. The lowest BCUT2D eigenvalue weighted by Gasteiger charge is -2.36. The zero-order valence-corrected chi connectivity index (χ0v) is 13.6. The number of para-hydroxylation sites is 1. The van der Waals surface area contributed by atoms with E-state index in [1.54, 1.807) is 6.20 Å². The number of aromatic nitrogens is 2. The number of piperidine rings is 1. The van der Waals surface area contributed by atoms with Crippen molar-refractivity contribution in [1.82, 2.24) is 9.78 Å². The predicted octanol–water partition coefficient (Wildman–Crippen LogP) is 3.37. The number of anilines is 1. The highest BCUT2D eigenvalue weighted by atomic mass is 35.5. The fourth-order valence-electron chi connectivity index (χ4n) is 3.26. The van der Waals surface area contributed by atoms with Gasteiger partial charge in [-0.1, -0.05) is 43.6 Å². The molecule has 0 N–H and O–H groups in total. The predicted molar refractivity (Wildman–Crippen MR) is 90.0 cm³/mol. The smallest absolute Gasteiger partial charge is 0.292 e. The molecule has 1 aromatic heterocycles. The van der Waals surface area contributed by atoms with E-state index in [2.05, 4.69) is 23.8 Å². The van der Waals surface area contributed by atoms with Gasteiger partial charge < -0.3 is 4.90 Å². The van der Waals surface area contributed by atoms with E-state index in [-0.39, 0.29) is 10.6 Å². The van der Waals surface area contributed by atoms with Gasteiger partial charge in [0.1, 0.15) is 5.02 Å². The van der Waals surface area contributed by atoms with Crippen LogP contribution in [0.2, 0.25) is 5.02 Å². The molecule has 1 aromatic carbocycles. The molecule has 0 bridgehead atoms. The number of rotatable bonds is 2. The molecule has 2 heterocycles. The van der Waals surface area contributed by atoms with Crippen LogP contribution in [0.25, 0.3) is 5.69 Å². The normalized spacial score (nSPS) is 21.9. The molecule has 4 nitrogen and oxygen atoms in total. The second-order valence-electron chi connectivity index (χ2n) is 6.25. The van der Waals surface area contributed by atoms with E-state index in [0.29, 0.717) is 11.8 Å². The van der Waals surface area contributed by atoms with E-state index in [9.17, 15) is 4.79 Å². The summed E-state index contributed by atoms with van der Waals surface area (Å²) in [5.41, 5.74) is 1.20. The van der Waals surface area contributed by atoms with E-state index < -0.39 is 0 Å². The molecule has 22 heavy (non-hydrogen) atoms. The second kappa shape index (κ2) is 6.13. The topological polar surface area (TPSA) is 38.1 Å². The first-order valence-electron chi connectivity index (χ1n) is 7.64. The van der Waals surface area contributed by atoms with Gasteiger partial charge in [-0.2, -0.15) is 9.78 Å². The fraction of sp³-hybridized carbons (Fsp3) is 0.412. The van der Waals surface area contributed by atoms with Crippen molar-refractivity contribution >= 4 is 17.3 Å². The first-order chi connectivity index (χ1) is 10.6. The third-order valence-electron chi connectivity index (χ3n) is 4.11. The van der Waals surface area contributed by atoms with Crippen molar-refractivity contribution in [1.29, 1.82) is 0 Å². The van der Waals surface area contributed by atoms with Crippen LogP contribution in [0, 0.1) is 11.8 Å². The molecule has 1 fully saturated rings. The summed E-state index contributed by atoms with van der Waals surface area (Å²) in [5.74, 6) is 1.19. The largest absolute Gasteiger partial charge is 0.368 e. The second-order valence-corrected chi connectivity index (χ2v) is 6.63. The van der Waals surface area contributed by atoms with Crippen LogP contribution >= 0.6 is 11.6 Å². The SMILES string of the molecule is C[C@@H]1C[C@H](C)CN(c2cnn(-c3ccccc3)c(=O)c2Cl)C1. The Kier molecular flexibility index (Phi) is 4.21. The molecule has 0 amide bonds. The lowest BCUT2D eigenvalue weighted by atomic mass is 9.92. The average molecular weight is 318 g/mol. The number of hydrogen-bond donors (Lipinski definition) is 0. The van der Waals surface area contributed by atoms with Gasteiger partial charge in [0.05, 0.1) is 17.6 Å². The maximum atomic E-state index is 12.5. The molecule has 1 saturated heterocycles. The minimum absolute atomic E-state index is 0.250. The molecule has 2 atom stereocenters. The average Bonchev–Trinajstić information content (AvgIpc) is 2.50. The Morgan fingerprint density at radius 1 is 1.14 bits per heavy atom. The van der Waals surface area contributed by atoms with E-state index in [4.69, 9.17) is 11.6 Å². The Balaban J connectivity index is 1.98. The third kappa shape index (κ3) is 2.88. The monoisotopic (exact) mass is 317 g/mol. The summed E-state index contributed by atoms with van der Waals surface area (Å²) in [6.07, 6.45) is 2.92. The summed E-state index contributed by atoms with van der Waals surface area (Å²) in [6, 6.07) is 9.34. The maximum absolute atomic E-state index is 12.5. The molecule has 0 saturated carbocycles. The van der Waals surface area contributed by atoms with Crippen molar-refractivity contribution in [3.8, 4) is 5.69 Å². The highest BCUT2D eigenvalue weighted by Gasteiger charge is 2.25. The van der Waals surface area contributed by atoms with Crippen LogP contribution in [0.5, 0.6) is 0 Å². The summed E-state index contributed by atoms with van der Waals surface area (Å²) in [6.45, 7) is 6.30. The molecule has 1 aliphatic rings. The third-order valence-corrected chi connectivity index (χ3v) is 4.47. The van der Waals surface area contributed by atoms with Crippen LogP contribution in [0.1, 0.15) is 20.3 Å². The van der Waals surface area contributed by atoms with Gasteiger partial charge in [-0.3, -0.25) is 4.79 Å². The zero-order valence-electron chi connectivity index (χ0n) is 12.9. The van der Waals surface area contributed by atoms with Gasteiger partial charge in [0, 0.05) is 13.1 Å². The Bertz CT molecular complexity index is 704. The summed E-state index contributed by atoms with van der Waals surface area (Å²) in [5, 5.41) is 4.56. The van der Waals surface area contributed by atoms with Crippen molar-refractivity contribution in [2.75, 3.05) is 18.0 Å². The highest BCUT2D eigenvalue weighted by Crippen LogP contribution is 2.29. The van der Waals surface area contributed by atoms with Gasteiger partial charge in [0.25, 0.3) is 5.56 Å². The van der Waals surface area contributed by atoms with Crippen LogP contribution in [-0.2, 0) is 0 Å². The maximum Gasteiger partial charge on any atom is 0.292 e. The Morgan fingerprint density at radius 2 is 1.77 bits per heavy atom. The van der Waals surface area contributed by atoms with Crippen molar-refractivity contribution in [3.63, 3.8) is 0 Å². The van der Waals surface area contributed by atoms with Crippen molar-refractivity contribution in [3.05, 3.63) is 51.9 Å². The minimum Gasteiger partial charge on any atom is -0.368 e. The number of benzene rings is 1. The first kappa shape index (κ1) is 15.1. The van der Waals surface area contributed by atoms with Gasteiger partial charge in [-0.15, -0.1) is 0 Å². The summed E-state index contributed by atoms with van der Waals surface area (Å²) >= 11 is 6.36. The molecule has 116 valence electrons. The molecular weight excluding hydrogens is 298 g/mol. The lowest BCUT2D eigenvalue weighted by molar-refractivity contribution is 0.356. The van der Waals surface area contributed by atoms with E-state index in [1.807, 2.05) is 30.3 Å². The molecule has 0 aliphatic carbocycles. The number of nitrogens with zero attached hydrogens (tertiary/aromatic N) is 3. The number of halogens is 1. The van der Waals surface area contributed by atoms with E-state index in [1.165, 1.54) is 11.1 Å². The van der Waals surface area contributed by atoms with Gasteiger partial charge >= 0.3 is 0 Å². The minimum atomic E-state index is -0.267. The molecule has 0 spiro atoms. The summed E-state index contributed by atoms with van der Waals surface area (Å²) < 4.78 is 1.35. The van der Waals surface area contributed by atoms with Crippen LogP contribution in [0.15, 0.2) is 41.3 Å². The molecule has 0 unspecified atom stereocenters. The highest BCUT2D eigenvalue weighted by molar-refractivity contribution is 6.33. The fourth-order valence-corrected chi connectivity index (χ4v) is 3.51. The zero-order chi connectivity index (χ0) is 15.7. The molecular formula is C17H20ClN3O. The van der Waals surface area contributed by atoms with Crippen LogP contribution in [-0.4, -0.2) is 22.9 Å². The Labute approximate surface area is 135 Å². The molecule has 5 heteroatoms. The summed E-state index contributed by atoms with van der Waals surface area (Å²) in [4.78, 5) is 14.7. The van der Waals surface area contributed by atoms with E-state index in [0.717, 1.165) is 24.5 Å². The Hall–Kier alpha value is -1.81. The van der Waals surface area contributed by atoms with Gasteiger partial charge in [0.15, 0.2) is 0 Å². The quantitative estimate of drug-likeness (QED) is 0.852. The molecule has 1 aliphatic heterocycles. The van der Waals surface area contributed by atoms with Crippen molar-refractivity contribution in [2.24, 2.45) is 11.8 Å². The van der Waals surface area contributed by atoms with Gasteiger partial charge in [-0.05, 0) is 30.4 Å². The van der Waals surface area contributed by atoms with Crippen molar-refractivity contribution in [2.45, 2.75) is 20.3 Å². The number of hydrogen-bond acceptors (Lipinski definition) is 3. The molecule has 0 radical (unpaired) electrons.